The van der Waals surface area contributed by atoms with Crippen LogP contribution in [-0.2, 0) is 16.1 Å². The Morgan fingerprint density at radius 3 is 2.64 bits per heavy atom. The van der Waals surface area contributed by atoms with Crippen molar-refractivity contribution >= 4 is 21.9 Å². The predicted octanol–water partition coefficient (Wildman–Crippen LogP) is 3.07. The lowest BCUT2D eigenvalue weighted by atomic mass is 10.2. The monoisotopic (exact) mass is 254 g/mol. The van der Waals surface area contributed by atoms with Gasteiger partial charge in [0.2, 0.25) is 0 Å². The smallest absolute Gasteiger partial charge is 0.330 e. The highest BCUT2D eigenvalue weighted by Crippen LogP contribution is 2.11. The number of halogens is 1. The van der Waals surface area contributed by atoms with Gasteiger partial charge in [0.15, 0.2) is 0 Å². The van der Waals surface area contributed by atoms with Crippen molar-refractivity contribution in [1.29, 1.82) is 0 Å². The van der Waals surface area contributed by atoms with Crippen molar-refractivity contribution in [2.24, 2.45) is 0 Å². The van der Waals surface area contributed by atoms with E-state index in [1.54, 1.807) is 13.0 Å². The lowest BCUT2D eigenvalue weighted by molar-refractivity contribution is -0.139. The molecule has 0 saturated carbocycles. The topological polar surface area (TPSA) is 26.3 Å². The van der Waals surface area contributed by atoms with E-state index in [0.717, 1.165) is 10.0 Å². The van der Waals surface area contributed by atoms with Crippen molar-refractivity contribution in [3.8, 4) is 0 Å². The average Bonchev–Trinajstić information content (AvgIpc) is 2.17. The van der Waals surface area contributed by atoms with Gasteiger partial charge in [-0.05, 0) is 24.6 Å². The van der Waals surface area contributed by atoms with Gasteiger partial charge in [-0.25, -0.2) is 4.79 Å². The number of benzene rings is 1. The first-order chi connectivity index (χ1) is 6.72. The molecule has 1 rings (SSSR count). The minimum atomic E-state index is -0.310. The zero-order chi connectivity index (χ0) is 10.4. The summed E-state index contributed by atoms with van der Waals surface area (Å²) in [6, 6.07) is 7.65. The molecule has 0 aromatic heterocycles. The van der Waals surface area contributed by atoms with Gasteiger partial charge in [-0.15, -0.1) is 0 Å². The third kappa shape index (κ3) is 3.75. The van der Waals surface area contributed by atoms with Crippen LogP contribution in [0.1, 0.15) is 12.5 Å². The molecule has 0 radical (unpaired) electrons. The molecule has 3 heteroatoms. The Kier molecular flexibility index (Phi) is 4.40. The molecule has 0 aliphatic rings. The Morgan fingerprint density at radius 1 is 1.43 bits per heavy atom. The van der Waals surface area contributed by atoms with Crippen molar-refractivity contribution < 1.29 is 9.53 Å². The first-order valence-electron chi connectivity index (χ1n) is 4.26. The van der Waals surface area contributed by atoms with Gasteiger partial charge in [-0.1, -0.05) is 34.1 Å². The van der Waals surface area contributed by atoms with Crippen molar-refractivity contribution in [3.05, 3.63) is 46.5 Å². The Balaban J connectivity index is 2.46. The van der Waals surface area contributed by atoms with Crippen LogP contribution in [0.2, 0.25) is 0 Å². The Bertz CT molecular complexity index is 328. The first kappa shape index (κ1) is 11.0. The fraction of sp³-hybridized carbons (Fsp3) is 0.182. The zero-order valence-corrected chi connectivity index (χ0v) is 9.45. The molecule has 14 heavy (non-hydrogen) atoms. The molecular weight excluding hydrogens is 244 g/mol. The summed E-state index contributed by atoms with van der Waals surface area (Å²) >= 11 is 3.33. The molecule has 1 aromatic carbocycles. The molecule has 0 unspecified atom stereocenters. The zero-order valence-electron chi connectivity index (χ0n) is 7.87. The summed E-state index contributed by atoms with van der Waals surface area (Å²) in [5.74, 6) is -0.310. The van der Waals surface area contributed by atoms with Crippen LogP contribution in [0.15, 0.2) is 40.9 Å². The molecule has 0 amide bonds. The lowest BCUT2D eigenvalue weighted by Gasteiger charge is -2.01. The van der Waals surface area contributed by atoms with Crippen LogP contribution in [0.25, 0.3) is 0 Å². The molecule has 0 saturated heterocycles. The summed E-state index contributed by atoms with van der Waals surface area (Å²) in [4.78, 5) is 11.0. The number of rotatable bonds is 3. The highest BCUT2D eigenvalue weighted by molar-refractivity contribution is 9.10. The highest BCUT2D eigenvalue weighted by atomic mass is 79.9. The van der Waals surface area contributed by atoms with E-state index in [1.807, 2.05) is 24.3 Å². The fourth-order valence-corrected chi connectivity index (χ4v) is 1.18. The van der Waals surface area contributed by atoms with Crippen LogP contribution < -0.4 is 0 Å². The minimum Gasteiger partial charge on any atom is -0.458 e. The molecule has 74 valence electrons. The Hall–Kier alpha value is -1.09. The Morgan fingerprint density at radius 2 is 2.07 bits per heavy atom. The lowest BCUT2D eigenvalue weighted by Crippen LogP contribution is -2.00. The van der Waals surface area contributed by atoms with Gasteiger partial charge in [-0.2, -0.15) is 0 Å². The van der Waals surface area contributed by atoms with Gasteiger partial charge in [-0.3, -0.25) is 0 Å². The van der Waals surface area contributed by atoms with E-state index in [0.29, 0.717) is 6.61 Å². The molecule has 0 N–H and O–H groups in total. The van der Waals surface area contributed by atoms with Crippen LogP contribution in [0.3, 0.4) is 0 Å². The average molecular weight is 255 g/mol. The molecule has 0 heterocycles. The van der Waals surface area contributed by atoms with Crippen LogP contribution >= 0.6 is 15.9 Å². The summed E-state index contributed by atoms with van der Waals surface area (Å²) in [5, 5.41) is 0. The number of esters is 1. The van der Waals surface area contributed by atoms with Gasteiger partial charge in [0.25, 0.3) is 0 Å². The maximum Gasteiger partial charge on any atom is 0.330 e. The molecular formula is C11H11BrO2. The maximum absolute atomic E-state index is 11.0. The van der Waals surface area contributed by atoms with Crippen molar-refractivity contribution in [2.75, 3.05) is 0 Å². The van der Waals surface area contributed by atoms with Crippen LogP contribution in [0.4, 0.5) is 0 Å². The van der Waals surface area contributed by atoms with E-state index in [9.17, 15) is 4.79 Å². The van der Waals surface area contributed by atoms with Crippen LogP contribution in [-0.4, -0.2) is 5.97 Å². The largest absolute Gasteiger partial charge is 0.458 e. The third-order valence-electron chi connectivity index (χ3n) is 1.60. The molecule has 0 bridgehead atoms. The number of carbonyl (C=O) groups excluding carboxylic acids is 1. The number of allylic oxidation sites excluding steroid dienone is 1. The summed E-state index contributed by atoms with van der Waals surface area (Å²) in [5.41, 5.74) is 0.978. The van der Waals surface area contributed by atoms with Crippen molar-refractivity contribution in [1.82, 2.24) is 0 Å². The first-order valence-corrected chi connectivity index (χ1v) is 5.05. The van der Waals surface area contributed by atoms with E-state index in [4.69, 9.17) is 4.74 Å². The third-order valence-corrected chi connectivity index (χ3v) is 2.13. The van der Waals surface area contributed by atoms with Crippen LogP contribution in [0.5, 0.6) is 0 Å². The van der Waals surface area contributed by atoms with E-state index in [2.05, 4.69) is 15.9 Å². The molecule has 0 aliphatic carbocycles. The number of hydrogen-bond acceptors (Lipinski definition) is 2. The standard InChI is InChI=1S/C11H11BrO2/c1-2-3-11(13)14-8-9-4-6-10(12)7-5-9/h2-7H,8H2,1H3/b3-2+. The maximum atomic E-state index is 11.0. The number of carbonyl (C=O) groups is 1. The second-order valence-corrected chi connectivity index (χ2v) is 3.65. The SMILES string of the molecule is C/C=C/C(=O)OCc1ccc(Br)cc1. The van der Waals surface area contributed by atoms with Gasteiger partial charge in [0.1, 0.15) is 6.61 Å². The number of hydrogen-bond donors (Lipinski definition) is 0. The van der Waals surface area contributed by atoms with E-state index >= 15 is 0 Å². The van der Waals surface area contributed by atoms with Crippen molar-refractivity contribution in [2.45, 2.75) is 13.5 Å². The van der Waals surface area contributed by atoms with Gasteiger partial charge >= 0.3 is 5.97 Å². The van der Waals surface area contributed by atoms with Crippen molar-refractivity contribution in [3.63, 3.8) is 0 Å². The normalized spacial score (nSPS) is 10.4. The second kappa shape index (κ2) is 5.60. The molecule has 0 spiro atoms. The fourth-order valence-electron chi connectivity index (χ4n) is 0.919. The van der Waals surface area contributed by atoms with E-state index in [1.165, 1.54) is 6.08 Å². The molecule has 0 aliphatic heterocycles. The summed E-state index contributed by atoms with van der Waals surface area (Å²) in [6.07, 6.45) is 3.06. The predicted molar refractivity (Wildman–Crippen MR) is 58.8 cm³/mol. The Labute approximate surface area is 91.7 Å². The summed E-state index contributed by atoms with van der Waals surface area (Å²) in [7, 11) is 0. The molecule has 0 atom stereocenters. The summed E-state index contributed by atoms with van der Waals surface area (Å²) < 4.78 is 5.98. The quantitative estimate of drug-likeness (QED) is 0.612. The highest BCUT2D eigenvalue weighted by Gasteiger charge is 1.97. The molecule has 1 aromatic rings. The summed E-state index contributed by atoms with van der Waals surface area (Å²) in [6.45, 7) is 2.09. The van der Waals surface area contributed by atoms with Crippen LogP contribution in [0, 0.1) is 0 Å². The molecule has 2 nitrogen and oxygen atoms in total. The van der Waals surface area contributed by atoms with Gasteiger partial charge in [0.05, 0.1) is 0 Å². The minimum absolute atomic E-state index is 0.310. The van der Waals surface area contributed by atoms with Gasteiger partial charge in [0, 0.05) is 10.5 Å². The van der Waals surface area contributed by atoms with Gasteiger partial charge < -0.3 is 4.74 Å². The molecule has 0 fully saturated rings. The van der Waals surface area contributed by atoms with E-state index < -0.39 is 0 Å². The van der Waals surface area contributed by atoms with E-state index in [-0.39, 0.29) is 5.97 Å². The number of ether oxygens (including phenoxy) is 1. The second-order valence-electron chi connectivity index (χ2n) is 2.73.